The van der Waals surface area contributed by atoms with Crippen LogP contribution in [0.3, 0.4) is 0 Å². The van der Waals surface area contributed by atoms with E-state index in [1.54, 1.807) is 36.7 Å². The van der Waals surface area contributed by atoms with Crippen molar-refractivity contribution in [2.45, 2.75) is 25.8 Å². The van der Waals surface area contributed by atoms with Crippen LogP contribution < -0.4 is 5.32 Å². The van der Waals surface area contributed by atoms with E-state index in [1.165, 1.54) is 12.5 Å². The number of aromatic nitrogens is 2. The molecule has 3 rings (SSSR count). The van der Waals surface area contributed by atoms with Gasteiger partial charge in [-0.2, -0.15) is 0 Å². The smallest absolute Gasteiger partial charge is 0.177 e. The number of nitrogens with zero attached hydrogens (tertiary/aromatic N) is 2. The van der Waals surface area contributed by atoms with E-state index >= 15 is 0 Å². The van der Waals surface area contributed by atoms with E-state index in [0.29, 0.717) is 23.9 Å². The third kappa shape index (κ3) is 3.80. The zero-order valence-corrected chi connectivity index (χ0v) is 12.8. The summed E-state index contributed by atoms with van der Waals surface area (Å²) in [6.07, 6.45) is 8.41. The summed E-state index contributed by atoms with van der Waals surface area (Å²) < 4.78 is 13.7. The normalized spacial score (nSPS) is 15.1. The van der Waals surface area contributed by atoms with Crippen LogP contribution in [0.5, 0.6) is 0 Å². The van der Waals surface area contributed by atoms with Crippen molar-refractivity contribution in [2.75, 3.05) is 0 Å². The van der Waals surface area contributed by atoms with E-state index in [1.807, 2.05) is 6.07 Å². The highest BCUT2D eigenvalue weighted by Crippen LogP contribution is 2.32. The predicted octanol–water partition coefficient (Wildman–Crippen LogP) is 3.46. The van der Waals surface area contributed by atoms with Gasteiger partial charge in [0.15, 0.2) is 5.82 Å². The molecule has 2 aromatic rings. The molecule has 1 saturated carbocycles. The zero-order chi connectivity index (χ0) is 16.1. The van der Waals surface area contributed by atoms with Crippen molar-refractivity contribution < 1.29 is 4.39 Å². The van der Waals surface area contributed by atoms with Gasteiger partial charge >= 0.3 is 0 Å². The molecule has 2 N–H and O–H groups in total. The highest BCUT2D eigenvalue weighted by atomic mass is 19.1. The summed E-state index contributed by atoms with van der Waals surface area (Å²) in [5, 5.41) is 11.5. The third-order valence-electron chi connectivity index (χ3n) is 4.09. The van der Waals surface area contributed by atoms with Crippen LogP contribution in [-0.4, -0.2) is 15.7 Å². The van der Waals surface area contributed by atoms with Crippen molar-refractivity contribution in [3.8, 4) is 0 Å². The topological polar surface area (TPSA) is 61.7 Å². The minimum absolute atomic E-state index is 0.213. The van der Waals surface area contributed by atoms with E-state index in [9.17, 15) is 4.39 Å². The Kier molecular flexibility index (Phi) is 4.76. The standard InChI is InChI=1S/C18H19FN4/c19-15-8-2-1-5-14(15)12-23-17(13-6-3-7-13)11-16(20)18-21-9-4-10-22-18/h1-2,4-5,8-11,13,20,23H,3,6-7,12H2/b17-11-,20-16?. The molecule has 0 unspecified atom stereocenters. The van der Waals surface area contributed by atoms with Crippen molar-refractivity contribution in [3.05, 3.63) is 71.7 Å². The average molecular weight is 310 g/mol. The maximum absolute atomic E-state index is 13.7. The van der Waals surface area contributed by atoms with Crippen LogP contribution in [0.2, 0.25) is 0 Å². The van der Waals surface area contributed by atoms with Crippen LogP contribution in [0.25, 0.3) is 0 Å². The van der Waals surface area contributed by atoms with Crippen molar-refractivity contribution >= 4 is 5.71 Å². The van der Waals surface area contributed by atoms with Crippen molar-refractivity contribution in [1.82, 2.24) is 15.3 Å². The second kappa shape index (κ2) is 7.13. The summed E-state index contributed by atoms with van der Waals surface area (Å²) in [4.78, 5) is 8.20. The number of hydrogen-bond donors (Lipinski definition) is 2. The maximum atomic E-state index is 13.7. The van der Waals surface area contributed by atoms with Gasteiger partial charge in [-0.3, -0.25) is 5.41 Å². The molecule has 0 saturated heterocycles. The molecule has 5 heteroatoms. The maximum Gasteiger partial charge on any atom is 0.177 e. The van der Waals surface area contributed by atoms with Crippen LogP contribution in [0.4, 0.5) is 4.39 Å². The quantitative estimate of drug-likeness (QED) is 0.803. The van der Waals surface area contributed by atoms with Crippen LogP contribution in [0.15, 0.2) is 54.5 Å². The molecular formula is C18H19FN4. The van der Waals surface area contributed by atoms with E-state index in [2.05, 4.69) is 15.3 Å². The first-order valence-corrected chi connectivity index (χ1v) is 7.79. The Hall–Kier alpha value is -2.56. The van der Waals surface area contributed by atoms with E-state index in [-0.39, 0.29) is 11.5 Å². The van der Waals surface area contributed by atoms with E-state index in [0.717, 1.165) is 18.5 Å². The Morgan fingerprint density at radius 2 is 1.96 bits per heavy atom. The second-order valence-corrected chi connectivity index (χ2v) is 5.66. The molecule has 0 bridgehead atoms. The third-order valence-corrected chi connectivity index (χ3v) is 4.09. The molecule has 1 aliphatic rings. The lowest BCUT2D eigenvalue weighted by molar-refractivity contribution is 0.349. The summed E-state index contributed by atoms with van der Waals surface area (Å²) >= 11 is 0. The van der Waals surface area contributed by atoms with Crippen molar-refractivity contribution in [2.24, 2.45) is 5.92 Å². The number of halogens is 1. The molecule has 4 nitrogen and oxygen atoms in total. The lowest BCUT2D eigenvalue weighted by Gasteiger charge is -2.29. The molecule has 1 aliphatic carbocycles. The molecular weight excluding hydrogens is 291 g/mol. The summed E-state index contributed by atoms with van der Waals surface area (Å²) in [5.74, 6) is 0.595. The van der Waals surface area contributed by atoms with Gasteiger partial charge in [0.2, 0.25) is 0 Å². The molecule has 23 heavy (non-hydrogen) atoms. The van der Waals surface area contributed by atoms with Gasteiger partial charge in [0.05, 0.1) is 0 Å². The Balaban J connectivity index is 1.74. The first-order chi connectivity index (χ1) is 11.2. The van der Waals surface area contributed by atoms with Gasteiger partial charge in [0.25, 0.3) is 0 Å². The van der Waals surface area contributed by atoms with Gasteiger partial charge in [-0.15, -0.1) is 0 Å². The highest BCUT2D eigenvalue weighted by molar-refractivity contribution is 6.04. The Morgan fingerprint density at radius 3 is 2.61 bits per heavy atom. The van der Waals surface area contributed by atoms with Gasteiger partial charge in [0, 0.05) is 30.2 Å². The molecule has 0 radical (unpaired) electrons. The van der Waals surface area contributed by atoms with Gasteiger partial charge in [-0.05, 0) is 37.0 Å². The monoisotopic (exact) mass is 310 g/mol. The number of allylic oxidation sites excluding steroid dienone is 2. The highest BCUT2D eigenvalue weighted by Gasteiger charge is 2.22. The van der Waals surface area contributed by atoms with Crippen LogP contribution in [0, 0.1) is 17.1 Å². The van der Waals surface area contributed by atoms with Crippen molar-refractivity contribution in [1.29, 1.82) is 5.41 Å². The SMILES string of the molecule is N=C(/C=C(\NCc1ccccc1F)C1CCC1)c1ncccn1. The fourth-order valence-electron chi connectivity index (χ4n) is 2.53. The largest absolute Gasteiger partial charge is 0.384 e. The lowest BCUT2D eigenvalue weighted by atomic mass is 9.82. The minimum atomic E-state index is -0.213. The fourth-order valence-corrected chi connectivity index (χ4v) is 2.53. The summed E-state index contributed by atoms with van der Waals surface area (Å²) in [5.41, 5.74) is 1.87. The molecule has 118 valence electrons. The molecule has 1 aromatic heterocycles. The number of nitrogens with one attached hydrogen (secondary N) is 2. The average Bonchev–Trinajstić information content (AvgIpc) is 2.53. The molecule has 1 fully saturated rings. The van der Waals surface area contributed by atoms with Gasteiger partial charge < -0.3 is 5.32 Å². The summed E-state index contributed by atoms with van der Waals surface area (Å²) in [6, 6.07) is 8.47. The molecule has 0 spiro atoms. The minimum Gasteiger partial charge on any atom is -0.384 e. The Bertz CT molecular complexity index is 708. The number of rotatable bonds is 6. The molecule has 1 heterocycles. The number of hydrogen-bond acceptors (Lipinski definition) is 4. The number of benzene rings is 1. The molecule has 0 aliphatic heterocycles. The fraction of sp³-hybridized carbons (Fsp3) is 0.278. The molecule has 0 atom stereocenters. The summed E-state index contributed by atoms with van der Waals surface area (Å²) in [6.45, 7) is 0.415. The summed E-state index contributed by atoms with van der Waals surface area (Å²) in [7, 11) is 0. The molecule has 0 amide bonds. The first kappa shape index (κ1) is 15.3. The van der Waals surface area contributed by atoms with Crippen LogP contribution >= 0.6 is 0 Å². The van der Waals surface area contributed by atoms with Gasteiger partial charge in [0.1, 0.15) is 11.5 Å². The second-order valence-electron chi connectivity index (χ2n) is 5.66. The first-order valence-electron chi connectivity index (χ1n) is 7.79. The van der Waals surface area contributed by atoms with Crippen LogP contribution in [-0.2, 0) is 6.54 Å². The van der Waals surface area contributed by atoms with Gasteiger partial charge in [-0.25, -0.2) is 14.4 Å². The van der Waals surface area contributed by atoms with E-state index < -0.39 is 0 Å². The predicted molar refractivity (Wildman–Crippen MR) is 87.5 cm³/mol. The Labute approximate surface area is 135 Å². The molecule has 1 aromatic carbocycles. The van der Waals surface area contributed by atoms with Crippen molar-refractivity contribution in [3.63, 3.8) is 0 Å². The zero-order valence-electron chi connectivity index (χ0n) is 12.8. The Morgan fingerprint density at radius 1 is 1.22 bits per heavy atom. The lowest BCUT2D eigenvalue weighted by Crippen LogP contribution is -2.26. The van der Waals surface area contributed by atoms with E-state index in [4.69, 9.17) is 5.41 Å². The van der Waals surface area contributed by atoms with Gasteiger partial charge in [-0.1, -0.05) is 24.6 Å². The van der Waals surface area contributed by atoms with Crippen LogP contribution in [0.1, 0.15) is 30.7 Å².